The number of halogens is 2. The van der Waals surface area contributed by atoms with Gasteiger partial charge in [-0.15, -0.1) is 24.0 Å². The van der Waals surface area contributed by atoms with Crippen molar-refractivity contribution in [2.24, 2.45) is 5.92 Å². The summed E-state index contributed by atoms with van der Waals surface area (Å²) < 4.78 is 1.87. The van der Waals surface area contributed by atoms with Crippen molar-refractivity contribution in [3.8, 4) is 0 Å². The predicted octanol–water partition coefficient (Wildman–Crippen LogP) is 2.90. The maximum Gasteiger partial charge on any atom is 0.257 e. The van der Waals surface area contributed by atoms with Gasteiger partial charge in [-0.2, -0.15) is 0 Å². The van der Waals surface area contributed by atoms with Crippen LogP contribution in [0.3, 0.4) is 0 Å². The van der Waals surface area contributed by atoms with Gasteiger partial charge in [-0.05, 0) is 32.6 Å². The molecule has 1 aromatic rings. The Morgan fingerprint density at radius 1 is 1.44 bits per heavy atom. The van der Waals surface area contributed by atoms with E-state index in [-0.39, 0.29) is 24.0 Å². The molecular formula is C13H20Cl2N2O. The van der Waals surface area contributed by atoms with Crippen molar-refractivity contribution in [3.05, 3.63) is 27.4 Å². The average Bonchev–Trinajstić information content (AvgIpc) is 2.22. The smallest absolute Gasteiger partial charge is 0.257 e. The lowest BCUT2D eigenvalue weighted by Gasteiger charge is -2.29. The molecular weight excluding hydrogens is 271 g/mol. The zero-order valence-electron chi connectivity index (χ0n) is 11.1. The summed E-state index contributed by atoms with van der Waals surface area (Å²) in [6, 6.07) is 0.253. The standard InChI is InChI=1S/C13H19ClN2O.ClH/c1-8-6-9(2)16-12(7-8)15-10(3)11(4-5-14)13(16)17;/h8-9H,4-7H2,1-3H3;1H. The van der Waals surface area contributed by atoms with Crippen LogP contribution < -0.4 is 5.56 Å². The average molecular weight is 291 g/mol. The fourth-order valence-corrected chi connectivity index (χ4v) is 2.98. The molecule has 18 heavy (non-hydrogen) atoms. The molecule has 1 aromatic heterocycles. The first kappa shape index (κ1) is 15.5. The van der Waals surface area contributed by atoms with Crippen LogP contribution in [-0.4, -0.2) is 15.4 Å². The molecule has 102 valence electrons. The van der Waals surface area contributed by atoms with Crippen LogP contribution in [0.4, 0.5) is 0 Å². The van der Waals surface area contributed by atoms with Crippen LogP contribution in [0.25, 0.3) is 0 Å². The molecule has 0 spiro atoms. The topological polar surface area (TPSA) is 34.9 Å². The highest BCUT2D eigenvalue weighted by Gasteiger charge is 2.25. The zero-order valence-corrected chi connectivity index (χ0v) is 12.6. The predicted molar refractivity (Wildman–Crippen MR) is 77.1 cm³/mol. The Bertz CT molecular complexity index is 485. The second-order valence-electron chi connectivity index (χ2n) is 5.10. The van der Waals surface area contributed by atoms with Crippen molar-refractivity contribution < 1.29 is 0 Å². The molecule has 2 heterocycles. The molecule has 0 aliphatic carbocycles. The molecule has 0 bridgehead atoms. The second kappa shape index (κ2) is 6.07. The highest BCUT2D eigenvalue weighted by atomic mass is 35.5. The van der Waals surface area contributed by atoms with Crippen LogP contribution in [0.5, 0.6) is 0 Å². The van der Waals surface area contributed by atoms with E-state index in [1.165, 1.54) is 0 Å². The number of aromatic nitrogens is 2. The molecule has 2 unspecified atom stereocenters. The fraction of sp³-hybridized carbons (Fsp3) is 0.692. The SMILES string of the molecule is Cc1nc2n(c(=O)c1CCCl)C(C)CC(C)C2.Cl. The maximum absolute atomic E-state index is 12.4. The third-order valence-electron chi connectivity index (χ3n) is 3.55. The molecule has 0 radical (unpaired) electrons. The van der Waals surface area contributed by atoms with E-state index in [2.05, 4.69) is 18.8 Å². The Kier molecular flexibility index (Phi) is 5.23. The van der Waals surface area contributed by atoms with E-state index in [0.29, 0.717) is 18.2 Å². The van der Waals surface area contributed by atoms with E-state index in [4.69, 9.17) is 11.6 Å². The molecule has 5 heteroatoms. The molecule has 2 rings (SSSR count). The molecule has 0 aromatic carbocycles. The Balaban J connectivity index is 0.00000162. The number of nitrogens with zero attached hydrogens (tertiary/aromatic N) is 2. The number of rotatable bonds is 2. The summed E-state index contributed by atoms with van der Waals surface area (Å²) in [6.07, 6.45) is 2.57. The normalized spacial score (nSPS) is 22.2. The minimum absolute atomic E-state index is 0. The van der Waals surface area contributed by atoms with Crippen LogP contribution in [-0.2, 0) is 12.8 Å². The Morgan fingerprint density at radius 3 is 2.72 bits per heavy atom. The summed E-state index contributed by atoms with van der Waals surface area (Å²) in [7, 11) is 0. The van der Waals surface area contributed by atoms with Crippen LogP contribution in [0.15, 0.2) is 4.79 Å². The highest BCUT2D eigenvalue weighted by molar-refractivity contribution is 6.17. The van der Waals surface area contributed by atoms with Crippen LogP contribution in [0, 0.1) is 12.8 Å². The van der Waals surface area contributed by atoms with Crippen LogP contribution in [0.1, 0.15) is 43.4 Å². The molecule has 0 amide bonds. The summed E-state index contributed by atoms with van der Waals surface area (Å²) in [5, 5.41) is 0. The van der Waals surface area contributed by atoms with Gasteiger partial charge in [0.15, 0.2) is 0 Å². The lowest BCUT2D eigenvalue weighted by Crippen LogP contribution is -2.36. The van der Waals surface area contributed by atoms with Gasteiger partial charge in [-0.3, -0.25) is 9.36 Å². The van der Waals surface area contributed by atoms with Gasteiger partial charge >= 0.3 is 0 Å². The quantitative estimate of drug-likeness (QED) is 0.785. The first-order valence-corrected chi connectivity index (χ1v) is 6.75. The van der Waals surface area contributed by atoms with Gasteiger partial charge < -0.3 is 0 Å². The molecule has 1 aliphatic heterocycles. The van der Waals surface area contributed by atoms with Crippen LogP contribution >= 0.6 is 24.0 Å². The molecule has 0 fully saturated rings. The van der Waals surface area contributed by atoms with E-state index in [0.717, 1.165) is 29.9 Å². The maximum atomic E-state index is 12.4. The van der Waals surface area contributed by atoms with Crippen molar-refractivity contribution in [3.63, 3.8) is 0 Å². The van der Waals surface area contributed by atoms with Crippen molar-refractivity contribution in [1.82, 2.24) is 9.55 Å². The largest absolute Gasteiger partial charge is 0.294 e. The third-order valence-corrected chi connectivity index (χ3v) is 3.74. The zero-order chi connectivity index (χ0) is 12.6. The van der Waals surface area contributed by atoms with Gasteiger partial charge in [-0.1, -0.05) is 6.92 Å². The number of fused-ring (bicyclic) bond motifs is 1. The summed E-state index contributed by atoms with van der Waals surface area (Å²) in [5.74, 6) is 2.02. The van der Waals surface area contributed by atoms with Gasteiger partial charge in [0.25, 0.3) is 5.56 Å². The Hall–Kier alpha value is -0.540. The Morgan fingerprint density at radius 2 is 2.11 bits per heavy atom. The molecule has 0 saturated carbocycles. The molecule has 2 atom stereocenters. The minimum atomic E-state index is 0. The monoisotopic (exact) mass is 290 g/mol. The number of hydrogen-bond acceptors (Lipinski definition) is 2. The highest BCUT2D eigenvalue weighted by Crippen LogP contribution is 2.26. The summed E-state index contributed by atoms with van der Waals surface area (Å²) >= 11 is 5.75. The van der Waals surface area contributed by atoms with E-state index in [1.54, 1.807) is 0 Å². The van der Waals surface area contributed by atoms with Crippen molar-refractivity contribution in [2.45, 2.75) is 46.1 Å². The first-order valence-electron chi connectivity index (χ1n) is 6.21. The minimum Gasteiger partial charge on any atom is -0.294 e. The first-order chi connectivity index (χ1) is 8.04. The molecule has 1 aliphatic rings. The number of hydrogen-bond donors (Lipinski definition) is 0. The third kappa shape index (κ3) is 2.72. The van der Waals surface area contributed by atoms with E-state index in [9.17, 15) is 4.79 Å². The molecule has 0 N–H and O–H groups in total. The lowest BCUT2D eigenvalue weighted by molar-refractivity contribution is 0.327. The van der Waals surface area contributed by atoms with Gasteiger partial charge in [0.05, 0.1) is 0 Å². The van der Waals surface area contributed by atoms with E-state index in [1.807, 2.05) is 11.5 Å². The second-order valence-corrected chi connectivity index (χ2v) is 5.48. The van der Waals surface area contributed by atoms with Gasteiger partial charge in [-0.25, -0.2) is 4.98 Å². The van der Waals surface area contributed by atoms with Gasteiger partial charge in [0.1, 0.15) is 5.82 Å². The number of aryl methyl sites for hydroxylation is 1. The van der Waals surface area contributed by atoms with Crippen molar-refractivity contribution in [2.75, 3.05) is 5.88 Å². The Labute approximate surface area is 119 Å². The van der Waals surface area contributed by atoms with Gasteiger partial charge in [0, 0.05) is 29.6 Å². The van der Waals surface area contributed by atoms with E-state index >= 15 is 0 Å². The fourth-order valence-electron chi connectivity index (χ4n) is 2.80. The van der Waals surface area contributed by atoms with Crippen molar-refractivity contribution >= 4 is 24.0 Å². The van der Waals surface area contributed by atoms with Crippen LogP contribution in [0.2, 0.25) is 0 Å². The summed E-state index contributed by atoms with van der Waals surface area (Å²) in [5.41, 5.74) is 1.75. The van der Waals surface area contributed by atoms with Crippen molar-refractivity contribution in [1.29, 1.82) is 0 Å². The summed E-state index contributed by atoms with van der Waals surface area (Å²) in [6.45, 7) is 6.23. The van der Waals surface area contributed by atoms with Gasteiger partial charge in [0.2, 0.25) is 0 Å². The summed E-state index contributed by atoms with van der Waals surface area (Å²) in [4.78, 5) is 17.0. The molecule has 0 saturated heterocycles. The lowest BCUT2D eigenvalue weighted by atomic mass is 9.94. The molecule has 3 nitrogen and oxygen atoms in total. The number of alkyl halides is 1. The van der Waals surface area contributed by atoms with E-state index < -0.39 is 0 Å².